The molecule has 3 rings (SSSR count). The molecule has 0 aliphatic carbocycles. The zero-order valence-corrected chi connectivity index (χ0v) is 12.2. The average molecular weight is 276 g/mol. The second kappa shape index (κ2) is 5.07. The molecule has 0 amide bonds. The molecule has 0 bridgehead atoms. The molecule has 0 spiro atoms. The molecule has 102 valence electrons. The van der Waals surface area contributed by atoms with E-state index < -0.39 is 0 Å². The SMILES string of the molecule is CC1c2ccsc2CCN1C(CN)c1cnn(C)c1. The highest BCUT2D eigenvalue weighted by Gasteiger charge is 2.30. The Bertz CT molecular complexity index is 559. The van der Waals surface area contributed by atoms with Crippen molar-refractivity contribution in [1.29, 1.82) is 0 Å². The molecule has 3 heterocycles. The Labute approximate surface area is 117 Å². The van der Waals surface area contributed by atoms with Gasteiger partial charge in [0.1, 0.15) is 0 Å². The van der Waals surface area contributed by atoms with Gasteiger partial charge in [-0.3, -0.25) is 9.58 Å². The van der Waals surface area contributed by atoms with Gasteiger partial charge >= 0.3 is 0 Å². The standard InChI is InChI=1S/C14H20N4S/c1-10-12-4-6-19-14(12)3-5-18(10)13(7-15)11-8-16-17(2)9-11/h4,6,8-10,13H,3,5,7,15H2,1-2H3. The van der Waals surface area contributed by atoms with E-state index in [9.17, 15) is 0 Å². The summed E-state index contributed by atoms with van der Waals surface area (Å²) in [6.07, 6.45) is 5.15. The third-order valence-electron chi connectivity index (χ3n) is 4.06. The highest BCUT2D eigenvalue weighted by atomic mass is 32.1. The lowest BCUT2D eigenvalue weighted by molar-refractivity contribution is 0.138. The van der Waals surface area contributed by atoms with Crippen molar-refractivity contribution in [3.63, 3.8) is 0 Å². The molecule has 1 aliphatic heterocycles. The van der Waals surface area contributed by atoms with Crippen molar-refractivity contribution < 1.29 is 0 Å². The van der Waals surface area contributed by atoms with Gasteiger partial charge in [-0.05, 0) is 30.4 Å². The molecule has 2 atom stereocenters. The Hall–Kier alpha value is -1.17. The van der Waals surface area contributed by atoms with Crippen molar-refractivity contribution in [2.24, 2.45) is 12.8 Å². The van der Waals surface area contributed by atoms with Crippen LogP contribution in [0.25, 0.3) is 0 Å². The van der Waals surface area contributed by atoms with Gasteiger partial charge in [-0.15, -0.1) is 11.3 Å². The first-order chi connectivity index (χ1) is 9.20. The maximum Gasteiger partial charge on any atom is 0.0538 e. The number of aryl methyl sites for hydroxylation is 1. The molecule has 0 saturated carbocycles. The predicted molar refractivity (Wildman–Crippen MR) is 78.1 cm³/mol. The molecule has 5 heteroatoms. The summed E-state index contributed by atoms with van der Waals surface area (Å²) < 4.78 is 1.85. The van der Waals surface area contributed by atoms with E-state index in [1.54, 1.807) is 0 Å². The van der Waals surface area contributed by atoms with E-state index >= 15 is 0 Å². The summed E-state index contributed by atoms with van der Waals surface area (Å²) in [5, 5.41) is 6.48. The minimum Gasteiger partial charge on any atom is -0.329 e. The Morgan fingerprint density at radius 1 is 1.58 bits per heavy atom. The smallest absolute Gasteiger partial charge is 0.0538 e. The summed E-state index contributed by atoms with van der Waals surface area (Å²) in [4.78, 5) is 4.04. The Morgan fingerprint density at radius 2 is 2.42 bits per heavy atom. The summed E-state index contributed by atoms with van der Waals surface area (Å²) in [6.45, 7) is 3.99. The maximum absolute atomic E-state index is 6.03. The third-order valence-corrected chi connectivity index (χ3v) is 5.05. The van der Waals surface area contributed by atoms with Crippen molar-refractivity contribution in [3.8, 4) is 0 Å². The molecule has 0 fully saturated rings. The van der Waals surface area contributed by atoms with Crippen molar-refractivity contribution in [3.05, 3.63) is 39.8 Å². The molecule has 19 heavy (non-hydrogen) atoms. The van der Waals surface area contributed by atoms with Crippen LogP contribution < -0.4 is 5.73 Å². The molecular formula is C14H20N4S. The number of nitrogens with two attached hydrogens (primary N) is 1. The second-order valence-electron chi connectivity index (χ2n) is 5.16. The Kier molecular flexibility index (Phi) is 3.43. The van der Waals surface area contributed by atoms with Crippen molar-refractivity contribution in [2.45, 2.75) is 25.4 Å². The first kappa shape index (κ1) is 12.8. The molecule has 2 aromatic heterocycles. The number of fused-ring (bicyclic) bond motifs is 1. The molecular weight excluding hydrogens is 256 g/mol. The van der Waals surface area contributed by atoms with Crippen molar-refractivity contribution in [1.82, 2.24) is 14.7 Å². The van der Waals surface area contributed by atoms with E-state index in [2.05, 4.69) is 34.6 Å². The summed E-state index contributed by atoms with van der Waals surface area (Å²) >= 11 is 1.88. The number of thiophene rings is 1. The zero-order valence-electron chi connectivity index (χ0n) is 11.4. The van der Waals surface area contributed by atoms with Gasteiger partial charge < -0.3 is 5.73 Å². The minimum absolute atomic E-state index is 0.261. The number of rotatable bonds is 3. The highest BCUT2D eigenvalue weighted by Crippen LogP contribution is 2.37. The Balaban J connectivity index is 1.89. The third kappa shape index (κ3) is 2.22. The molecule has 2 unspecified atom stereocenters. The van der Waals surface area contributed by atoms with Crippen molar-refractivity contribution >= 4 is 11.3 Å². The topological polar surface area (TPSA) is 47.1 Å². The summed E-state index contributed by atoms with van der Waals surface area (Å²) in [5.41, 5.74) is 8.72. The fraction of sp³-hybridized carbons (Fsp3) is 0.500. The number of hydrogen-bond acceptors (Lipinski definition) is 4. The van der Waals surface area contributed by atoms with Gasteiger partial charge in [-0.1, -0.05) is 0 Å². The van der Waals surface area contributed by atoms with Gasteiger partial charge in [0.15, 0.2) is 0 Å². The average Bonchev–Trinajstić information content (AvgIpc) is 3.02. The van der Waals surface area contributed by atoms with E-state index in [-0.39, 0.29) is 6.04 Å². The second-order valence-corrected chi connectivity index (χ2v) is 6.16. The lowest BCUT2D eigenvalue weighted by Gasteiger charge is -2.38. The van der Waals surface area contributed by atoms with Crippen LogP contribution in [-0.4, -0.2) is 27.8 Å². The Morgan fingerprint density at radius 3 is 3.11 bits per heavy atom. The van der Waals surface area contributed by atoms with E-state index in [1.165, 1.54) is 16.0 Å². The lowest BCUT2D eigenvalue weighted by atomic mass is 9.97. The summed E-state index contributed by atoms with van der Waals surface area (Å²) in [5.74, 6) is 0. The van der Waals surface area contributed by atoms with Gasteiger partial charge in [0, 0.05) is 42.8 Å². The summed E-state index contributed by atoms with van der Waals surface area (Å²) in [6, 6.07) is 2.95. The van der Waals surface area contributed by atoms with Crippen LogP contribution in [-0.2, 0) is 13.5 Å². The quantitative estimate of drug-likeness (QED) is 0.934. The number of aromatic nitrogens is 2. The molecule has 4 nitrogen and oxygen atoms in total. The first-order valence-corrected chi connectivity index (χ1v) is 7.59. The van der Waals surface area contributed by atoms with Crippen LogP contribution in [0.1, 0.15) is 35.0 Å². The monoisotopic (exact) mass is 276 g/mol. The van der Waals surface area contributed by atoms with E-state index in [4.69, 9.17) is 5.73 Å². The zero-order chi connectivity index (χ0) is 13.4. The van der Waals surface area contributed by atoms with Crippen molar-refractivity contribution in [2.75, 3.05) is 13.1 Å². The van der Waals surface area contributed by atoms with Crippen LogP contribution in [0.2, 0.25) is 0 Å². The lowest BCUT2D eigenvalue weighted by Crippen LogP contribution is -2.39. The highest BCUT2D eigenvalue weighted by molar-refractivity contribution is 7.10. The van der Waals surface area contributed by atoms with Crippen LogP contribution in [0.4, 0.5) is 0 Å². The largest absolute Gasteiger partial charge is 0.329 e. The van der Waals surface area contributed by atoms with E-state index in [0.29, 0.717) is 12.6 Å². The van der Waals surface area contributed by atoms with Crippen LogP contribution in [0.5, 0.6) is 0 Å². The van der Waals surface area contributed by atoms with Crippen LogP contribution in [0.3, 0.4) is 0 Å². The molecule has 2 aromatic rings. The molecule has 0 radical (unpaired) electrons. The van der Waals surface area contributed by atoms with Gasteiger partial charge in [0.25, 0.3) is 0 Å². The van der Waals surface area contributed by atoms with Crippen LogP contribution in [0.15, 0.2) is 23.8 Å². The van der Waals surface area contributed by atoms with Gasteiger partial charge in [0.05, 0.1) is 12.2 Å². The van der Waals surface area contributed by atoms with Gasteiger partial charge in [-0.2, -0.15) is 5.10 Å². The fourth-order valence-corrected chi connectivity index (χ4v) is 3.99. The van der Waals surface area contributed by atoms with Gasteiger partial charge in [0.2, 0.25) is 0 Å². The minimum atomic E-state index is 0.261. The normalized spacial score (nSPS) is 21.3. The fourth-order valence-electron chi connectivity index (χ4n) is 3.03. The van der Waals surface area contributed by atoms with E-state index in [1.807, 2.05) is 29.3 Å². The van der Waals surface area contributed by atoms with E-state index in [0.717, 1.165) is 13.0 Å². The van der Waals surface area contributed by atoms with Crippen LogP contribution in [0, 0.1) is 0 Å². The molecule has 0 saturated heterocycles. The van der Waals surface area contributed by atoms with Gasteiger partial charge in [-0.25, -0.2) is 0 Å². The molecule has 0 aromatic carbocycles. The predicted octanol–water partition coefficient (Wildman–Crippen LogP) is 2.10. The molecule has 2 N–H and O–H groups in total. The van der Waals surface area contributed by atoms with Crippen LogP contribution >= 0.6 is 11.3 Å². The maximum atomic E-state index is 6.03. The number of hydrogen-bond donors (Lipinski definition) is 1. The number of nitrogens with zero attached hydrogens (tertiary/aromatic N) is 3. The summed E-state index contributed by atoms with van der Waals surface area (Å²) in [7, 11) is 1.95. The first-order valence-electron chi connectivity index (χ1n) is 6.71. The molecule has 1 aliphatic rings.